The van der Waals surface area contributed by atoms with E-state index in [-0.39, 0.29) is 6.04 Å². The van der Waals surface area contributed by atoms with Gasteiger partial charge in [-0.3, -0.25) is 0 Å². The average molecular weight is 183 g/mol. The van der Waals surface area contributed by atoms with E-state index in [0.29, 0.717) is 18.4 Å². The summed E-state index contributed by atoms with van der Waals surface area (Å²) < 4.78 is 5.18. The van der Waals surface area contributed by atoms with Crippen LogP contribution in [-0.2, 0) is 4.74 Å². The van der Waals surface area contributed by atoms with Gasteiger partial charge in [0.05, 0.1) is 24.9 Å². The molecule has 1 aliphatic heterocycles. The highest BCUT2D eigenvalue weighted by atomic mass is 16.6. The second kappa shape index (κ2) is 3.54. The smallest absolute Gasteiger partial charge is 0.0838 e. The third-order valence-electron chi connectivity index (χ3n) is 2.91. The third kappa shape index (κ3) is 1.94. The zero-order valence-electron chi connectivity index (χ0n) is 7.33. The number of ether oxygens (including phenoxy) is 1. The highest BCUT2D eigenvalue weighted by Gasteiger charge is 2.38. The lowest BCUT2D eigenvalue weighted by atomic mass is 9.82. The molecule has 0 aromatic carbocycles. The first kappa shape index (κ1) is 8.81. The minimum atomic E-state index is -0.473. The van der Waals surface area contributed by atoms with Gasteiger partial charge in [0.15, 0.2) is 0 Å². The zero-order chi connectivity index (χ0) is 9.26. The van der Waals surface area contributed by atoms with E-state index >= 15 is 0 Å². The molecule has 13 heavy (non-hydrogen) atoms. The molecule has 1 N–H and O–H groups in total. The second-order valence-electron chi connectivity index (χ2n) is 3.78. The number of azide groups is 1. The average Bonchev–Trinajstić information content (AvgIpc) is 2.91. The number of hydrogen-bond acceptors (Lipinski definition) is 3. The molecule has 1 heterocycles. The Morgan fingerprint density at radius 1 is 1.46 bits per heavy atom. The molecule has 1 saturated heterocycles. The van der Waals surface area contributed by atoms with Crippen LogP contribution in [0.2, 0.25) is 0 Å². The summed E-state index contributed by atoms with van der Waals surface area (Å²) in [6, 6.07) is -0.222. The fraction of sp³-hybridized carbons (Fsp3) is 1.00. The number of aliphatic hydroxyl groups is 1. The lowest BCUT2D eigenvalue weighted by molar-refractivity contribution is 0.0717. The fourth-order valence-corrected chi connectivity index (χ4v) is 2.03. The molecule has 0 aromatic heterocycles. The van der Waals surface area contributed by atoms with E-state index in [0.717, 1.165) is 19.4 Å². The number of nitrogens with zero attached hydrogens (tertiary/aromatic N) is 3. The molecule has 4 atom stereocenters. The number of rotatable bonds is 2. The number of aliphatic hydroxyl groups excluding tert-OH is 1. The Labute approximate surface area is 76.3 Å². The van der Waals surface area contributed by atoms with Gasteiger partial charge in [-0.15, -0.1) is 0 Å². The SMILES string of the molecule is [N-]=[N+]=NC1CCC(C2CO2)CC1O. The molecular formula is C8H13N3O2. The van der Waals surface area contributed by atoms with E-state index in [2.05, 4.69) is 10.0 Å². The van der Waals surface area contributed by atoms with E-state index in [1.165, 1.54) is 0 Å². The first-order valence-electron chi connectivity index (χ1n) is 4.65. The lowest BCUT2D eigenvalue weighted by Gasteiger charge is -2.29. The Kier molecular flexibility index (Phi) is 2.40. The van der Waals surface area contributed by atoms with E-state index in [4.69, 9.17) is 10.3 Å². The zero-order valence-corrected chi connectivity index (χ0v) is 7.33. The Bertz CT molecular complexity index is 236. The minimum absolute atomic E-state index is 0.222. The molecule has 0 amide bonds. The summed E-state index contributed by atoms with van der Waals surface area (Å²) in [5.41, 5.74) is 8.25. The Morgan fingerprint density at radius 2 is 2.23 bits per heavy atom. The summed E-state index contributed by atoms with van der Waals surface area (Å²) in [6.07, 6.45) is 2.40. The van der Waals surface area contributed by atoms with Gasteiger partial charge in [-0.05, 0) is 30.7 Å². The summed E-state index contributed by atoms with van der Waals surface area (Å²) in [7, 11) is 0. The van der Waals surface area contributed by atoms with Gasteiger partial charge in [0.2, 0.25) is 0 Å². The third-order valence-corrected chi connectivity index (χ3v) is 2.91. The monoisotopic (exact) mass is 183 g/mol. The molecule has 4 unspecified atom stereocenters. The van der Waals surface area contributed by atoms with Gasteiger partial charge < -0.3 is 9.84 Å². The maximum Gasteiger partial charge on any atom is 0.0838 e. The molecule has 5 heteroatoms. The summed E-state index contributed by atoms with van der Waals surface area (Å²) >= 11 is 0. The van der Waals surface area contributed by atoms with Crippen LogP contribution < -0.4 is 0 Å². The predicted octanol–water partition coefficient (Wildman–Crippen LogP) is 1.23. The van der Waals surface area contributed by atoms with Gasteiger partial charge in [0.1, 0.15) is 0 Å². The van der Waals surface area contributed by atoms with Gasteiger partial charge >= 0.3 is 0 Å². The van der Waals surface area contributed by atoms with Gasteiger partial charge in [-0.1, -0.05) is 5.11 Å². The quantitative estimate of drug-likeness (QED) is 0.302. The van der Waals surface area contributed by atoms with Gasteiger partial charge in [-0.25, -0.2) is 0 Å². The molecule has 0 aromatic rings. The first-order valence-corrected chi connectivity index (χ1v) is 4.65. The molecule has 0 radical (unpaired) electrons. The van der Waals surface area contributed by atoms with Crippen LogP contribution in [0.15, 0.2) is 5.11 Å². The molecule has 2 rings (SSSR count). The highest BCUT2D eigenvalue weighted by molar-refractivity contribution is 4.90. The van der Waals surface area contributed by atoms with Crippen molar-refractivity contribution in [1.82, 2.24) is 0 Å². The van der Waals surface area contributed by atoms with Crippen LogP contribution in [0.4, 0.5) is 0 Å². The molecular weight excluding hydrogens is 170 g/mol. The van der Waals surface area contributed by atoms with Crippen molar-refractivity contribution in [3.8, 4) is 0 Å². The largest absolute Gasteiger partial charge is 0.393 e. The summed E-state index contributed by atoms with van der Waals surface area (Å²) in [4.78, 5) is 2.73. The van der Waals surface area contributed by atoms with Crippen LogP contribution in [0.5, 0.6) is 0 Å². The van der Waals surface area contributed by atoms with Gasteiger partial charge in [-0.2, -0.15) is 0 Å². The van der Waals surface area contributed by atoms with Crippen molar-refractivity contribution in [3.63, 3.8) is 0 Å². The normalized spacial score (nSPS) is 43.8. The van der Waals surface area contributed by atoms with Crippen molar-refractivity contribution in [1.29, 1.82) is 0 Å². The molecule has 2 aliphatic rings. The van der Waals surface area contributed by atoms with Crippen LogP contribution in [0, 0.1) is 5.92 Å². The van der Waals surface area contributed by atoms with Crippen molar-refractivity contribution in [3.05, 3.63) is 10.4 Å². The molecule has 2 fully saturated rings. The molecule has 0 bridgehead atoms. The van der Waals surface area contributed by atoms with Crippen LogP contribution in [0.3, 0.4) is 0 Å². The van der Waals surface area contributed by atoms with Crippen molar-refractivity contribution < 1.29 is 9.84 Å². The van der Waals surface area contributed by atoms with Gasteiger partial charge in [0.25, 0.3) is 0 Å². The summed E-state index contributed by atoms with van der Waals surface area (Å²) in [6.45, 7) is 0.837. The second-order valence-corrected chi connectivity index (χ2v) is 3.78. The van der Waals surface area contributed by atoms with Crippen LogP contribution >= 0.6 is 0 Å². The Hall–Kier alpha value is -0.770. The predicted molar refractivity (Wildman–Crippen MR) is 46.0 cm³/mol. The first-order chi connectivity index (χ1) is 6.31. The van der Waals surface area contributed by atoms with E-state index < -0.39 is 6.10 Å². The number of epoxide rings is 1. The van der Waals surface area contributed by atoms with Crippen molar-refractivity contribution in [2.75, 3.05) is 6.61 Å². The Morgan fingerprint density at radius 3 is 2.77 bits per heavy atom. The molecule has 72 valence electrons. The number of hydrogen-bond donors (Lipinski definition) is 1. The Balaban J connectivity index is 1.90. The molecule has 1 aliphatic carbocycles. The highest BCUT2D eigenvalue weighted by Crippen LogP contribution is 2.34. The molecule has 5 nitrogen and oxygen atoms in total. The standard InChI is InChI=1S/C8H13N3O2/c9-11-10-6-2-1-5(3-7(6)12)8-4-13-8/h5-8,12H,1-4H2. The maximum atomic E-state index is 9.63. The van der Waals surface area contributed by atoms with Crippen LogP contribution in [-0.4, -0.2) is 30.0 Å². The summed E-state index contributed by atoms with van der Waals surface area (Å²) in [5, 5.41) is 13.2. The topological polar surface area (TPSA) is 81.5 Å². The van der Waals surface area contributed by atoms with E-state index in [1.807, 2.05) is 0 Å². The van der Waals surface area contributed by atoms with Crippen molar-refractivity contribution >= 4 is 0 Å². The van der Waals surface area contributed by atoms with Gasteiger partial charge in [0, 0.05) is 4.91 Å². The fourth-order valence-electron chi connectivity index (χ4n) is 2.03. The van der Waals surface area contributed by atoms with E-state index in [9.17, 15) is 5.11 Å². The van der Waals surface area contributed by atoms with E-state index in [1.54, 1.807) is 0 Å². The van der Waals surface area contributed by atoms with Crippen LogP contribution in [0.1, 0.15) is 19.3 Å². The van der Waals surface area contributed by atoms with Crippen LogP contribution in [0.25, 0.3) is 10.4 Å². The van der Waals surface area contributed by atoms with Crippen molar-refractivity contribution in [2.24, 2.45) is 11.0 Å². The minimum Gasteiger partial charge on any atom is -0.393 e. The maximum absolute atomic E-state index is 9.63. The lowest BCUT2D eigenvalue weighted by Crippen LogP contribution is -2.34. The van der Waals surface area contributed by atoms with Crippen molar-refractivity contribution in [2.45, 2.75) is 37.5 Å². The molecule has 0 spiro atoms. The summed E-state index contributed by atoms with van der Waals surface area (Å²) in [5.74, 6) is 0.472. The molecule has 1 saturated carbocycles.